The van der Waals surface area contributed by atoms with Crippen LogP contribution in [-0.2, 0) is 25.7 Å². The molecule has 0 spiro atoms. The number of hydrogen-bond acceptors (Lipinski definition) is 5. The zero-order valence-electron chi connectivity index (χ0n) is 20.8. The van der Waals surface area contributed by atoms with E-state index in [1.54, 1.807) is 45.0 Å². The summed E-state index contributed by atoms with van der Waals surface area (Å²) in [6, 6.07) is 6.09. The maximum absolute atomic E-state index is 12.1. The monoisotopic (exact) mass is 708 g/mol. The van der Waals surface area contributed by atoms with Crippen LogP contribution >= 0.6 is 0 Å². The van der Waals surface area contributed by atoms with Gasteiger partial charge in [0.2, 0.25) is 11.8 Å². The summed E-state index contributed by atoms with van der Waals surface area (Å²) in [7, 11) is 0. The van der Waals surface area contributed by atoms with Gasteiger partial charge in [0.1, 0.15) is 11.6 Å². The second-order valence-electron chi connectivity index (χ2n) is 7.49. The smallest absolute Gasteiger partial charge is 0.407 e. The number of amides is 4. The van der Waals surface area contributed by atoms with Gasteiger partial charge in [-0.15, -0.1) is 0 Å². The van der Waals surface area contributed by atoms with Gasteiger partial charge >= 0.3 is 6.09 Å². The predicted octanol–water partition coefficient (Wildman–Crippen LogP) is 3.25. The van der Waals surface area contributed by atoms with Gasteiger partial charge in [-0.05, 0) is 45.4 Å². The van der Waals surface area contributed by atoms with Crippen LogP contribution in [0.15, 0.2) is 24.3 Å². The zero-order valence-corrected chi connectivity index (χ0v) is 23.2. The first-order valence-electron chi connectivity index (χ1n) is 10.8. The minimum Gasteiger partial charge on any atom is -0.522 e. The van der Waals surface area contributed by atoms with Crippen LogP contribution < -0.4 is 21.3 Å². The molecule has 0 aliphatic heterocycles. The summed E-state index contributed by atoms with van der Waals surface area (Å²) in [5, 5.41) is 9.84. The SMILES string of the molecule is CC.CC(NC(=O)CN[C-]=O)C(=O)Nc1ccc(CNC(=O)OC(C)(C)C)cc1.CCC.[Fm]. The summed E-state index contributed by atoms with van der Waals surface area (Å²) in [4.78, 5) is 45.1. The normalized spacial score (nSPS) is 10.3. The van der Waals surface area contributed by atoms with Crippen LogP contribution in [0.25, 0.3) is 0 Å². The van der Waals surface area contributed by atoms with E-state index in [9.17, 15) is 19.2 Å². The third-order valence-electron chi connectivity index (χ3n) is 3.15. The molecular weight excluding hydrogens is 669 g/mol. The molecule has 4 N–H and O–H groups in total. The molecule has 4 amide bonds. The molecule has 1 atom stereocenters. The van der Waals surface area contributed by atoms with Crippen LogP contribution in [0.1, 0.15) is 67.4 Å². The Labute approximate surface area is 192 Å². The number of benzene rings is 1. The van der Waals surface area contributed by atoms with E-state index in [1.807, 2.05) is 13.8 Å². The predicted molar refractivity (Wildman–Crippen MR) is 127 cm³/mol. The number of anilines is 1. The number of hydrogen-bond donors (Lipinski definition) is 4. The Hall–Kier alpha value is -4.10. The number of nitrogens with one attached hydrogen (secondary N) is 4. The van der Waals surface area contributed by atoms with Crippen molar-refractivity contribution in [3.63, 3.8) is 0 Å². The van der Waals surface area contributed by atoms with Gasteiger partial charge in [-0.3, -0.25) is 9.59 Å². The van der Waals surface area contributed by atoms with Crippen LogP contribution in [0.2, 0.25) is 0 Å². The van der Waals surface area contributed by atoms with Crippen molar-refractivity contribution in [1.82, 2.24) is 16.0 Å². The molecule has 33 heavy (non-hydrogen) atoms. The van der Waals surface area contributed by atoms with Gasteiger partial charge < -0.3 is 30.8 Å². The van der Waals surface area contributed by atoms with Gasteiger partial charge in [-0.25, -0.2) is 4.79 Å². The second kappa shape index (κ2) is 18.7. The summed E-state index contributed by atoms with van der Waals surface area (Å²) in [5.41, 5.74) is 0.809. The molecule has 0 radical (unpaired) electrons. The Morgan fingerprint density at radius 1 is 1.06 bits per heavy atom. The molecule has 194 valence electrons. The average Bonchev–Trinajstić information content (AvgIpc) is 2.72. The molecule has 0 heterocycles. The molecule has 9 nitrogen and oxygen atoms in total. The zero-order chi connectivity index (χ0) is 25.2. The Morgan fingerprint density at radius 2 is 1.58 bits per heavy atom. The van der Waals surface area contributed by atoms with E-state index in [0.29, 0.717) is 5.69 Å². The van der Waals surface area contributed by atoms with Gasteiger partial charge in [0, 0.05) is 12.2 Å². The van der Waals surface area contributed by atoms with Crippen LogP contribution in [0, 0.1) is 0 Å². The Balaban J connectivity index is -0.00000138. The quantitative estimate of drug-likeness (QED) is 0.244. The average molecular weight is 709 g/mol. The van der Waals surface area contributed by atoms with Crippen molar-refractivity contribution in [2.75, 3.05) is 11.9 Å². The van der Waals surface area contributed by atoms with E-state index in [-0.39, 0.29) is 13.1 Å². The minimum absolute atomic E-state index is 0. The molecule has 1 aromatic carbocycles. The van der Waals surface area contributed by atoms with Gasteiger partial charge in [0.25, 0.3) is 0 Å². The number of carbonyl (C=O) groups excluding carboxylic acids is 4. The maximum atomic E-state index is 12.1. The van der Waals surface area contributed by atoms with E-state index in [1.165, 1.54) is 19.8 Å². The summed E-state index contributed by atoms with van der Waals surface area (Å²) >= 11 is 0. The van der Waals surface area contributed by atoms with Crippen molar-refractivity contribution in [2.24, 2.45) is 0 Å². The van der Waals surface area contributed by atoms with E-state index in [0.717, 1.165) is 5.56 Å². The molecule has 1 aromatic rings. The summed E-state index contributed by atoms with van der Waals surface area (Å²) < 4.78 is 5.15. The molecule has 0 aliphatic carbocycles. The molecule has 0 fully saturated rings. The fraction of sp³-hybridized carbons (Fsp3) is 0.565. The van der Waals surface area contributed by atoms with Crippen LogP contribution in [-0.4, -0.2) is 42.5 Å². The van der Waals surface area contributed by atoms with E-state index in [4.69, 9.17) is 4.74 Å². The fourth-order valence-electron chi connectivity index (χ4n) is 1.92. The van der Waals surface area contributed by atoms with Crippen LogP contribution in [0.5, 0.6) is 0 Å². The Kier molecular flexibility index (Phi) is 19.0. The minimum atomic E-state index is -0.778. The fourth-order valence-corrected chi connectivity index (χ4v) is 1.92. The van der Waals surface area contributed by atoms with E-state index >= 15 is 0 Å². The number of ether oxygens (including phenoxy) is 1. The summed E-state index contributed by atoms with van der Waals surface area (Å²) in [6.45, 7) is 15.2. The first-order chi connectivity index (χ1) is 15.0. The van der Waals surface area contributed by atoms with Gasteiger partial charge in [0.15, 0.2) is 0 Å². The summed E-state index contributed by atoms with van der Waals surface area (Å²) in [6.07, 6.45) is 2.12. The van der Waals surface area contributed by atoms with Crippen LogP contribution in [0.3, 0.4) is 0 Å². The topological polar surface area (TPSA) is 126 Å². The molecular formula is C23H39FmN4O5-. The maximum Gasteiger partial charge on any atom is 0.407 e. The number of alkyl carbamates (subject to hydrolysis) is 1. The molecule has 0 saturated heterocycles. The molecule has 0 aliphatic rings. The van der Waals surface area contributed by atoms with Gasteiger partial charge in [-0.1, -0.05) is 46.2 Å². The van der Waals surface area contributed by atoms with Crippen molar-refractivity contribution in [3.05, 3.63) is 29.8 Å². The molecule has 0 aromatic heterocycles. The molecule has 0 bridgehead atoms. The van der Waals surface area contributed by atoms with E-state index < -0.39 is 29.6 Å². The first kappa shape index (κ1) is 33.5. The number of carbonyl (C=O) groups is 3. The van der Waals surface area contributed by atoms with Crippen molar-refractivity contribution >= 4 is 30.0 Å². The Morgan fingerprint density at radius 3 is 2.03 bits per heavy atom. The Bertz CT molecular complexity index is 691. The largest absolute Gasteiger partial charge is 0.522 e. The third kappa shape index (κ3) is 18.4. The molecule has 1 unspecified atom stereocenters. The second-order valence-corrected chi connectivity index (χ2v) is 7.49. The van der Waals surface area contributed by atoms with Crippen LogP contribution in [0.4, 0.5) is 10.5 Å². The van der Waals surface area contributed by atoms with E-state index in [2.05, 4.69) is 35.1 Å². The van der Waals surface area contributed by atoms with Crippen molar-refractivity contribution in [2.45, 2.75) is 80.0 Å². The van der Waals surface area contributed by atoms with Crippen molar-refractivity contribution in [1.29, 1.82) is 0 Å². The summed E-state index contributed by atoms with van der Waals surface area (Å²) in [5.74, 6) is -0.900. The molecule has 10 heteroatoms. The third-order valence-corrected chi connectivity index (χ3v) is 3.15. The van der Waals surface area contributed by atoms with Crippen molar-refractivity contribution in [3.8, 4) is 0 Å². The molecule has 0 saturated carbocycles. The molecule has 1 rings (SSSR count). The van der Waals surface area contributed by atoms with Gasteiger partial charge in [0.05, 0.1) is 6.54 Å². The number of rotatable bonds is 8. The van der Waals surface area contributed by atoms with Crippen molar-refractivity contribution < 1.29 is 23.9 Å². The first-order valence-corrected chi connectivity index (χ1v) is 10.8. The van der Waals surface area contributed by atoms with Gasteiger partial charge in [-0.2, -0.15) is 6.41 Å². The standard InChI is InChI=1S/C18H25N4O5.C3H8.C2H6.Fm/c1-12(21-15(24)10-19-11-23)16(25)22-14-7-5-13(6-8-14)9-20-17(26)27-18(2,3)4;1-3-2;1-2;/h5-8,12H,9-10H2,1-4H3,(H,19,23)(H,20,26)(H,21,24)(H,22,25);3H2,1-2H3;1-2H3;/q-1;;;.